The van der Waals surface area contributed by atoms with Crippen molar-refractivity contribution >= 4 is 23.7 Å². The Morgan fingerprint density at radius 1 is 0.971 bits per heavy atom. The average Bonchev–Trinajstić information content (AvgIpc) is 3.25. The quantitative estimate of drug-likeness (QED) is 0.478. The lowest BCUT2D eigenvalue weighted by atomic mass is 10.1. The number of likely N-dealkylation sites (tertiary alicyclic amines) is 1. The molecule has 178 valence electrons. The molecule has 1 saturated heterocycles. The second-order valence-electron chi connectivity index (χ2n) is 8.05. The molecular weight excluding hydrogens is 455 g/mol. The number of amides is 3. The van der Waals surface area contributed by atoms with E-state index in [1.54, 1.807) is 12.1 Å². The highest BCUT2D eigenvalue weighted by Crippen LogP contribution is 2.24. The van der Waals surface area contributed by atoms with Crippen LogP contribution in [0.4, 0.5) is 9.18 Å². The zero-order chi connectivity index (χ0) is 23.8. The van der Waals surface area contributed by atoms with Gasteiger partial charge in [0.2, 0.25) is 5.91 Å². The van der Waals surface area contributed by atoms with E-state index < -0.39 is 11.9 Å². The Morgan fingerprint density at radius 2 is 1.71 bits per heavy atom. The molecule has 0 saturated carbocycles. The number of halogens is 1. The molecule has 0 radical (unpaired) electrons. The highest BCUT2D eigenvalue weighted by atomic mass is 32.2. The van der Waals surface area contributed by atoms with Crippen molar-refractivity contribution in [3.05, 3.63) is 71.8 Å². The van der Waals surface area contributed by atoms with Gasteiger partial charge in [-0.1, -0.05) is 48.5 Å². The smallest absolute Gasteiger partial charge is 0.321 e. The van der Waals surface area contributed by atoms with Crippen molar-refractivity contribution in [2.24, 2.45) is 0 Å². The zero-order valence-electron chi connectivity index (χ0n) is 18.7. The lowest BCUT2D eigenvalue weighted by Crippen LogP contribution is -2.40. The molecular formula is C24H27FN6O2S. The number of aromatic nitrogens is 3. The molecule has 0 atom stereocenters. The largest absolute Gasteiger partial charge is 0.334 e. The molecule has 1 fully saturated rings. The summed E-state index contributed by atoms with van der Waals surface area (Å²) in [6.07, 6.45) is 3.54. The minimum atomic E-state index is -0.555. The summed E-state index contributed by atoms with van der Waals surface area (Å²) >= 11 is 1.18. The summed E-state index contributed by atoms with van der Waals surface area (Å²) in [6.45, 7) is 2.95. The van der Waals surface area contributed by atoms with Crippen molar-refractivity contribution in [1.29, 1.82) is 0 Å². The number of nitrogens with zero attached hydrogens (tertiary/aromatic N) is 4. The summed E-state index contributed by atoms with van der Waals surface area (Å²) < 4.78 is 15.4. The van der Waals surface area contributed by atoms with E-state index in [9.17, 15) is 14.0 Å². The third-order valence-corrected chi connectivity index (χ3v) is 6.41. The van der Waals surface area contributed by atoms with Gasteiger partial charge in [-0.25, -0.2) is 9.18 Å². The summed E-state index contributed by atoms with van der Waals surface area (Å²) in [5, 5.41) is 14.2. The number of hydrogen-bond acceptors (Lipinski definition) is 6. The maximum atomic E-state index is 13.5. The summed E-state index contributed by atoms with van der Waals surface area (Å²) in [7, 11) is 0. The number of hydrogen-bond donors (Lipinski definition) is 2. The molecule has 10 heteroatoms. The van der Waals surface area contributed by atoms with Gasteiger partial charge in [-0.2, -0.15) is 0 Å². The third kappa shape index (κ3) is 6.64. The summed E-state index contributed by atoms with van der Waals surface area (Å²) in [6, 6.07) is 15.0. The van der Waals surface area contributed by atoms with Gasteiger partial charge in [-0.05, 0) is 55.8 Å². The fraction of sp³-hybridized carbons (Fsp3) is 0.333. The van der Waals surface area contributed by atoms with E-state index >= 15 is 0 Å². The normalized spacial score (nSPS) is 14.0. The molecule has 2 heterocycles. The van der Waals surface area contributed by atoms with Crippen LogP contribution in [0.1, 0.15) is 30.7 Å². The Balaban J connectivity index is 1.38. The zero-order valence-corrected chi connectivity index (χ0v) is 19.6. The molecule has 3 amide bonds. The van der Waals surface area contributed by atoms with E-state index in [1.165, 1.54) is 30.3 Å². The van der Waals surface area contributed by atoms with Crippen LogP contribution in [0.15, 0.2) is 59.8 Å². The van der Waals surface area contributed by atoms with E-state index in [0.29, 0.717) is 18.2 Å². The van der Waals surface area contributed by atoms with Crippen molar-refractivity contribution in [3.8, 4) is 5.69 Å². The van der Waals surface area contributed by atoms with Crippen LogP contribution < -0.4 is 10.6 Å². The van der Waals surface area contributed by atoms with Gasteiger partial charge in [0.05, 0.1) is 12.3 Å². The molecule has 0 bridgehead atoms. The van der Waals surface area contributed by atoms with E-state index in [4.69, 9.17) is 0 Å². The first-order valence-corrected chi connectivity index (χ1v) is 12.2. The monoisotopic (exact) mass is 482 g/mol. The summed E-state index contributed by atoms with van der Waals surface area (Å²) in [4.78, 5) is 26.7. The van der Waals surface area contributed by atoms with Crippen LogP contribution in [0, 0.1) is 5.82 Å². The molecule has 2 N–H and O–H groups in total. The van der Waals surface area contributed by atoms with Gasteiger partial charge in [0.15, 0.2) is 11.0 Å². The predicted molar refractivity (Wildman–Crippen MR) is 128 cm³/mol. The predicted octanol–water partition coefficient (Wildman–Crippen LogP) is 3.51. The number of nitrogens with one attached hydrogen (secondary N) is 2. The number of carbonyl (C=O) groups is 2. The van der Waals surface area contributed by atoms with Gasteiger partial charge in [0.1, 0.15) is 5.82 Å². The molecule has 1 aliphatic rings. The number of benzene rings is 2. The maximum Gasteiger partial charge on any atom is 0.321 e. The molecule has 0 aliphatic carbocycles. The first-order chi connectivity index (χ1) is 16.6. The Hall–Kier alpha value is -3.24. The molecule has 3 aromatic rings. The van der Waals surface area contributed by atoms with E-state index in [1.807, 2.05) is 34.9 Å². The second kappa shape index (κ2) is 11.8. The van der Waals surface area contributed by atoms with Crippen LogP contribution in [-0.4, -0.2) is 50.4 Å². The van der Waals surface area contributed by atoms with Gasteiger partial charge in [-0.15, -0.1) is 10.2 Å². The lowest BCUT2D eigenvalue weighted by Gasteiger charge is -2.26. The fourth-order valence-corrected chi connectivity index (χ4v) is 4.55. The van der Waals surface area contributed by atoms with E-state index in [0.717, 1.165) is 43.0 Å². The number of thioether (sulfide) groups is 1. The number of carbonyl (C=O) groups excluding carboxylic acids is 2. The molecule has 0 spiro atoms. The third-order valence-electron chi connectivity index (χ3n) is 5.48. The maximum absolute atomic E-state index is 13.5. The first kappa shape index (κ1) is 23.9. The molecule has 2 aromatic carbocycles. The summed E-state index contributed by atoms with van der Waals surface area (Å²) in [5.41, 5.74) is 1.66. The van der Waals surface area contributed by atoms with Gasteiger partial charge < -0.3 is 5.32 Å². The number of rotatable bonds is 8. The van der Waals surface area contributed by atoms with Gasteiger partial charge >= 0.3 is 6.03 Å². The van der Waals surface area contributed by atoms with Gasteiger partial charge in [0.25, 0.3) is 0 Å². The molecule has 1 aliphatic heterocycles. The molecule has 0 unspecified atom stereocenters. The molecule has 4 rings (SSSR count). The van der Waals surface area contributed by atoms with Crippen molar-refractivity contribution in [2.45, 2.75) is 37.5 Å². The Labute approximate surface area is 201 Å². The topological polar surface area (TPSA) is 92.2 Å². The van der Waals surface area contributed by atoms with Crippen molar-refractivity contribution < 1.29 is 14.0 Å². The van der Waals surface area contributed by atoms with Gasteiger partial charge in [-0.3, -0.25) is 19.6 Å². The number of piperidine rings is 1. The van der Waals surface area contributed by atoms with Crippen LogP contribution in [0.2, 0.25) is 0 Å². The molecule has 34 heavy (non-hydrogen) atoms. The van der Waals surface area contributed by atoms with Crippen LogP contribution in [0.5, 0.6) is 0 Å². The Morgan fingerprint density at radius 3 is 2.44 bits per heavy atom. The fourth-order valence-electron chi connectivity index (χ4n) is 3.78. The van der Waals surface area contributed by atoms with Crippen LogP contribution in [0.3, 0.4) is 0 Å². The van der Waals surface area contributed by atoms with Crippen LogP contribution in [-0.2, 0) is 17.9 Å². The minimum absolute atomic E-state index is 0.0121. The van der Waals surface area contributed by atoms with Crippen LogP contribution in [0.25, 0.3) is 5.69 Å². The van der Waals surface area contributed by atoms with Crippen molar-refractivity contribution in [3.63, 3.8) is 0 Å². The van der Waals surface area contributed by atoms with Crippen molar-refractivity contribution in [2.75, 3.05) is 18.8 Å². The minimum Gasteiger partial charge on any atom is -0.334 e. The Bertz CT molecular complexity index is 1100. The first-order valence-electron chi connectivity index (χ1n) is 11.3. The van der Waals surface area contributed by atoms with Crippen LogP contribution >= 0.6 is 11.8 Å². The van der Waals surface area contributed by atoms with E-state index in [2.05, 4.69) is 25.7 Å². The highest BCUT2D eigenvalue weighted by Gasteiger charge is 2.20. The SMILES string of the molecule is O=C(CSc1nnc(CN2CCCCC2)n1-c1ccc(F)cc1)NC(=O)NCc1ccccc1. The standard InChI is InChI=1S/C24H27FN6O2S/c25-19-9-11-20(12-10-19)31-21(16-30-13-5-2-6-14-30)28-29-24(31)34-17-22(32)27-23(33)26-15-18-7-3-1-4-8-18/h1,3-4,7-12H,2,5-6,13-17H2,(H2,26,27,32,33). The Kier molecular flexibility index (Phi) is 8.26. The lowest BCUT2D eigenvalue weighted by molar-refractivity contribution is -0.117. The highest BCUT2D eigenvalue weighted by molar-refractivity contribution is 7.99. The number of urea groups is 1. The summed E-state index contributed by atoms with van der Waals surface area (Å²) in [5.74, 6) is -0.0507. The van der Waals surface area contributed by atoms with Gasteiger partial charge in [0, 0.05) is 12.2 Å². The molecule has 1 aromatic heterocycles. The molecule has 8 nitrogen and oxygen atoms in total. The second-order valence-corrected chi connectivity index (χ2v) is 9.00. The van der Waals surface area contributed by atoms with Crippen molar-refractivity contribution in [1.82, 2.24) is 30.3 Å². The average molecular weight is 483 g/mol. The van der Waals surface area contributed by atoms with E-state index in [-0.39, 0.29) is 11.6 Å². The number of imide groups is 1.